The van der Waals surface area contributed by atoms with Crippen LogP contribution in [0.3, 0.4) is 0 Å². The Labute approximate surface area is 107 Å². The molecule has 7 nitrogen and oxygen atoms in total. The van der Waals surface area contributed by atoms with E-state index in [4.69, 9.17) is 20.8 Å². The van der Waals surface area contributed by atoms with Crippen LogP contribution in [-0.2, 0) is 13.0 Å². The minimum Gasteiger partial charge on any atom is -0.489 e. The summed E-state index contributed by atoms with van der Waals surface area (Å²) in [6.45, 7) is 2.03. The molecule has 0 saturated heterocycles. The van der Waals surface area contributed by atoms with E-state index in [9.17, 15) is 4.79 Å². The maximum Gasteiger partial charge on any atom is 0.297 e. The minimum absolute atomic E-state index is 0.00519. The van der Waals surface area contributed by atoms with Gasteiger partial charge in [-0.1, -0.05) is 18.5 Å². The van der Waals surface area contributed by atoms with Gasteiger partial charge in [-0.25, -0.2) is 4.98 Å². The fourth-order valence-corrected chi connectivity index (χ4v) is 1.58. The van der Waals surface area contributed by atoms with Crippen molar-refractivity contribution in [2.75, 3.05) is 7.11 Å². The fourth-order valence-electron chi connectivity index (χ4n) is 1.38. The third-order valence-corrected chi connectivity index (χ3v) is 2.54. The van der Waals surface area contributed by atoms with Gasteiger partial charge in [0.05, 0.1) is 13.4 Å². The van der Waals surface area contributed by atoms with Crippen LogP contribution in [0.2, 0.25) is 5.15 Å². The molecule has 0 bridgehead atoms. The molecule has 18 heavy (non-hydrogen) atoms. The van der Waals surface area contributed by atoms with E-state index in [0.29, 0.717) is 18.2 Å². The van der Waals surface area contributed by atoms with E-state index in [1.54, 1.807) is 0 Å². The molecule has 0 N–H and O–H groups in total. The quantitative estimate of drug-likeness (QED) is 0.768. The smallest absolute Gasteiger partial charge is 0.297 e. The second-order valence-corrected chi connectivity index (χ2v) is 3.80. The molecule has 8 heteroatoms. The zero-order chi connectivity index (χ0) is 13.1. The number of ether oxygens (including phenoxy) is 1. The Morgan fingerprint density at radius 2 is 2.17 bits per heavy atom. The number of aryl methyl sites for hydroxylation is 1. The van der Waals surface area contributed by atoms with E-state index in [0.717, 1.165) is 0 Å². The molecular formula is C10H11ClN4O3. The summed E-state index contributed by atoms with van der Waals surface area (Å²) in [5.74, 6) is 0.849. The Bertz CT molecular complexity index is 607. The van der Waals surface area contributed by atoms with Crippen LogP contribution in [0.15, 0.2) is 15.5 Å². The zero-order valence-corrected chi connectivity index (χ0v) is 10.6. The summed E-state index contributed by atoms with van der Waals surface area (Å²) >= 11 is 5.73. The van der Waals surface area contributed by atoms with Gasteiger partial charge in [0.2, 0.25) is 17.5 Å². The molecular weight excluding hydrogens is 260 g/mol. The minimum atomic E-state index is -0.395. The molecule has 0 aliphatic rings. The molecule has 0 aliphatic heterocycles. The van der Waals surface area contributed by atoms with Gasteiger partial charge in [0.15, 0.2) is 5.15 Å². The molecule has 2 heterocycles. The average molecular weight is 271 g/mol. The molecule has 0 radical (unpaired) electrons. The lowest BCUT2D eigenvalue weighted by atomic mass is 10.5. The van der Waals surface area contributed by atoms with Crippen LogP contribution < -0.4 is 10.3 Å². The van der Waals surface area contributed by atoms with E-state index >= 15 is 0 Å². The molecule has 0 unspecified atom stereocenters. The van der Waals surface area contributed by atoms with Crippen molar-refractivity contribution in [1.29, 1.82) is 0 Å². The van der Waals surface area contributed by atoms with E-state index in [-0.39, 0.29) is 17.4 Å². The zero-order valence-electron chi connectivity index (χ0n) is 9.88. The predicted molar refractivity (Wildman–Crippen MR) is 62.8 cm³/mol. The predicted octanol–water partition coefficient (Wildman–Crippen LogP) is 0.899. The van der Waals surface area contributed by atoms with Gasteiger partial charge in [-0.05, 0) is 0 Å². The SMILES string of the molecule is CCc1nnc(Cn2cnc(Cl)c(OC)c2=O)o1. The molecule has 2 rings (SSSR count). The highest BCUT2D eigenvalue weighted by Gasteiger charge is 2.12. The molecule has 0 aliphatic carbocycles. The first-order chi connectivity index (χ1) is 8.65. The lowest BCUT2D eigenvalue weighted by molar-refractivity contribution is 0.395. The second kappa shape index (κ2) is 5.18. The van der Waals surface area contributed by atoms with Crippen LogP contribution >= 0.6 is 11.6 Å². The normalized spacial score (nSPS) is 10.6. The third kappa shape index (κ3) is 2.35. The van der Waals surface area contributed by atoms with Crippen molar-refractivity contribution in [3.05, 3.63) is 33.6 Å². The van der Waals surface area contributed by atoms with Crippen molar-refractivity contribution in [2.45, 2.75) is 19.9 Å². The van der Waals surface area contributed by atoms with Crippen molar-refractivity contribution < 1.29 is 9.15 Å². The van der Waals surface area contributed by atoms with Gasteiger partial charge in [0.25, 0.3) is 5.56 Å². The largest absolute Gasteiger partial charge is 0.489 e. The average Bonchev–Trinajstić information content (AvgIpc) is 2.81. The van der Waals surface area contributed by atoms with Gasteiger partial charge < -0.3 is 9.15 Å². The number of hydrogen-bond acceptors (Lipinski definition) is 6. The summed E-state index contributed by atoms with van der Waals surface area (Å²) in [4.78, 5) is 15.8. The first-order valence-corrected chi connectivity index (χ1v) is 5.63. The molecule has 0 amide bonds. The highest BCUT2D eigenvalue weighted by atomic mass is 35.5. The van der Waals surface area contributed by atoms with Crippen molar-refractivity contribution in [3.8, 4) is 5.75 Å². The van der Waals surface area contributed by atoms with Gasteiger partial charge in [-0.2, -0.15) is 0 Å². The second-order valence-electron chi connectivity index (χ2n) is 3.44. The molecule has 0 atom stereocenters. The molecule has 96 valence electrons. The Morgan fingerprint density at radius 3 is 2.78 bits per heavy atom. The Hall–Kier alpha value is -1.89. The summed E-state index contributed by atoms with van der Waals surface area (Å²) in [6, 6.07) is 0. The Balaban J connectivity index is 2.32. The topological polar surface area (TPSA) is 83.0 Å². The summed E-state index contributed by atoms with van der Waals surface area (Å²) in [7, 11) is 1.36. The third-order valence-electron chi connectivity index (χ3n) is 2.27. The maximum absolute atomic E-state index is 11.9. The van der Waals surface area contributed by atoms with Crippen molar-refractivity contribution in [2.24, 2.45) is 0 Å². The number of halogens is 1. The van der Waals surface area contributed by atoms with Crippen molar-refractivity contribution in [3.63, 3.8) is 0 Å². The van der Waals surface area contributed by atoms with Gasteiger partial charge >= 0.3 is 0 Å². The van der Waals surface area contributed by atoms with E-state index < -0.39 is 5.56 Å². The first-order valence-electron chi connectivity index (χ1n) is 5.25. The first kappa shape index (κ1) is 12.6. The summed E-state index contributed by atoms with van der Waals surface area (Å²) in [5.41, 5.74) is -0.395. The maximum atomic E-state index is 11.9. The molecule has 0 aromatic carbocycles. The number of nitrogens with zero attached hydrogens (tertiary/aromatic N) is 4. The van der Waals surface area contributed by atoms with Crippen LogP contribution in [0, 0.1) is 0 Å². The van der Waals surface area contributed by atoms with Crippen LogP contribution in [0.1, 0.15) is 18.7 Å². The van der Waals surface area contributed by atoms with E-state index in [2.05, 4.69) is 15.2 Å². The summed E-state index contributed by atoms with van der Waals surface area (Å²) in [5, 5.41) is 7.66. The molecule has 0 fully saturated rings. The van der Waals surface area contributed by atoms with Crippen LogP contribution in [0.25, 0.3) is 0 Å². The number of aromatic nitrogens is 4. The Kier molecular flexibility index (Phi) is 3.61. The van der Waals surface area contributed by atoms with E-state index in [1.807, 2.05) is 6.92 Å². The van der Waals surface area contributed by atoms with Crippen LogP contribution in [0.5, 0.6) is 5.75 Å². The number of hydrogen-bond donors (Lipinski definition) is 0. The summed E-state index contributed by atoms with van der Waals surface area (Å²) in [6.07, 6.45) is 1.95. The summed E-state index contributed by atoms with van der Waals surface area (Å²) < 4.78 is 11.5. The highest BCUT2D eigenvalue weighted by molar-refractivity contribution is 6.30. The number of rotatable bonds is 4. The standard InChI is InChI=1S/C10H11ClN4O3/c1-3-6-13-14-7(18-6)4-15-5-12-9(11)8(17-2)10(15)16/h5H,3-4H2,1-2H3. The molecule has 2 aromatic heterocycles. The van der Waals surface area contributed by atoms with Gasteiger partial charge in [-0.15, -0.1) is 10.2 Å². The van der Waals surface area contributed by atoms with Gasteiger partial charge in [-0.3, -0.25) is 9.36 Å². The van der Waals surface area contributed by atoms with Crippen molar-refractivity contribution >= 4 is 11.6 Å². The van der Waals surface area contributed by atoms with Crippen LogP contribution in [-0.4, -0.2) is 26.9 Å². The fraction of sp³-hybridized carbons (Fsp3) is 0.400. The van der Waals surface area contributed by atoms with Gasteiger partial charge in [0.1, 0.15) is 6.54 Å². The lowest BCUT2D eigenvalue weighted by Gasteiger charge is -2.05. The molecule has 0 saturated carbocycles. The molecule has 2 aromatic rings. The Morgan fingerprint density at radius 1 is 1.44 bits per heavy atom. The van der Waals surface area contributed by atoms with Crippen LogP contribution in [0.4, 0.5) is 0 Å². The monoisotopic (exact) mass is 270 g/mol. The lowest BCUT2D eigenvalue weighted by Crippen LogP contribution is -2.22. The van der Waals surface area contributed by atoms with Crippen molar-refractivity contribution in [1.82, 2.24) is 19.7 Å². The molecule has 0 spiro atoms. The van der Waals surface area contributed by atoms with E-state index in [1.165, 1.54) is 18.0 Å². The van der Waals surface area contributed by atoms with Gasteiger partial charge in [0, 0.05) is 6.42 Å². The number of methoxy groups -OCH3 is 1. The highest BCUT2D eigenvalue weighted by Crippen LogP contribution is 2.15.